The van der Waals surface area contributed by atoms with Gasteiger partial charge in [-0.05, 0) is 58.2 Å². The van der Waals surface area contributed by atoms with Crippen LogP contribution in [0.15, 0.2) is 18.2 Å². The zero-order valence-electron chi connectivity index (χ0n) is 16.9. The fourth-order valence-corrected chi connectivity index (χ4v) is 2.66. The number of nitriles is 1. The second-order valence-electron chi connectivity index (χ2n) is 7.48. The van der Waals surface area contributed by atoms with Crippen LogP contribution in [-0.4, -0.2) is 36.7 Å². The Kier molecular flexibility index (Phi) is 8.71. The fraction of sp³-hybridized carbons (Fsp3) is 0.550. The highest BCUT2D eigenvalue weighted by Gasteiger charge is 2.21. The summed E-state index contributed by atoms with van der Waals surface area (Å²) in [6.07, 6.45) is 2.14. The molecule has 1 fully saturated rings. The molecule has 0 radical (unpaired) electrons. The Bertz CT molecular complexity index is 719. The van der Waals surface area contributed by atoms with Crippen molar-refractivity contribution in [1.82, 2.24) is 5.32 Å². The number of nitrogens with two attached hydrogens (primary N) is 1. The summed E-state index contributed by atoms with van der Waals surface area (Å²) in [6, 6.07) is 5.77. The lowest BCUT2D eigenvalue weighted by Crippen LogP contribution is -2.45. The van der Waals surface area contributed by atoms with Crippen LogP contribution in [0.25, 0.3) is 0 Å². The van der Waals surface area contributed by atoms with E-state index in [1.54, 1.807) is 33.8 Å². The van der Waals surface area contributed by atoms with Crippen LogP contribution < -0.4 is 16.0 Å². The summed E-state index contributed by atoms with van der Waals surface area (Å²) in [5.41, 5.74) is 5.78. The number of halogens is 1. The minimum absolute atomic E-state index is 0.343. The summed E-state index contributed by atoms with van der Waals surface area (Å²) < 4.78 is 17.8. The monoisotopic (exact) mass is 392 g/mol. The first-order valence-corrected chi connectivity index (χ1v) is 9.30. The molecule has 1 heterocycles. The summed E-state index contributed by atoms with van der Waals surface area (Å²) in [5, 5.41) is 11.2. The molecular weight excluding hydrogens is 363 g/mol. The number of primary amides is 1. The van der Waals surface area contributed by atoms with Crippen molar-refractivity contribution >= 4 is 17.7 Å². The van der Waals surface area contributed by atoms with Gasteiger partial charge in [0.1, 0.15) is 23.5 Å². The predicted octanol–water partition coefficient (Wildman–Crippen LogP) is 3.07. The number of benzene rings is 1. The normalized spacial score (nSPS) is 14.4. The van der Waals surface area contributed by atoms with Gasteiger partial charge in [0.2, 0.25) is 5.91 Å². The van der Waals surface area contributed by atoms with Gasteiger partial charge >= 0.3 is 6.09 Å². The zero-order chi connectivity index (χ0) is 21.3. The highest BCUT2D eigenvalue weighted by molar-refractivity contribution is 5.84. The van der Waals surface area contributed by atoms with Crippen LogP contribution in [0.5, 0.6) is 0 Å². The van der Waals surface area contributed by atoms with Crippen LogP contribution in [0.4, 0.5) is 14.9 Å². The van der Waals surface area contributed by atoms with Crippen LogP contribution in [0, 0.1) is 17.1 Å². The topological polar surface area (TPSA) is 108 Å². The molecule has 8 heteroatoms. The van der Waals surface area contributed by atoms with Crippen LogP contribution in [0.3, 0.4) is 0 Å². The van der Waals surface area contributed by atoms with E-state index in [9.17, 15) is 14.0 Å². The van der Waals surface area contributed by atoms with Crippen molar-refractivity contribution in [3.8, 4) is 6.07 Å². The number of amides is 2. The van der Waals surface area contributed by atoms with Gasteiger partial charge in [0.05, 0.1) is 11.3 Å². The Labute approximate surface area is 165 Å². The van der Waals surface area contributed by atoms with Crippen molar-refractivity contribution in [3.63, 3.8) is 0 Å². The van der Waals surface area contributed by atoms with Crippen molar-refractivity contribution in [2.24, 2.45) is 5.73 Å². The van der Waals surface area contributed by atoms with Gasteiger partial charge in [-0.25, -0.2) is 9.18 Å². The third-order valence-corrected chi connectivity index (χ3v) is 3.97. The van der Waals surface area contributed by atoms with Crippen molar-refractivity contribution in [1.29, 1.82) is 5.26 Å². The number of carbonyl (C=O) groups is 2. The molecule has 2 rings (SSSR count). The van der Waals surface area contributed by atoms with E-state index in [0.717, 1.165) is 31.6 Å². The summed E-state index contributed by atoms with van der Waals surface area (Å²) in [4.78, 5) is 24.1. The summed E-state index contributed by atoms with van der Waals surface area (Å²) >= 11 is 0. The van der Waals surface area contributed by atoms with Gasteiger partial charge in [-0.1, -0.05) is 6.92 Å². The van der Waals surface area contributed by atoms with Gasteiger partial charge in [-0.15, -0.1) is 0 Å². The Morgan fingerprint density at radius 2 is 1.96 bits per heavy atom. The van der Waals surface area contributed by atoms with E-state index < -0.39 is 23.6 Å². The van der Waals surface area contributed by atoms with Gasteiger partial charge in [0.15, 0.2) is 0 Å². The highest BCUT2D eigenvalue weighted by Crippen LogP contribution is 2.24. The van der Waals surface area contributed by atoms with Crippen molar-refractivity contribution < 1.29 is 18.7 Å². The van der Waals surface area contributed by atoms with Crippen LogP contribution in [-0.2, 0) is 9.53 Å². The van der Waals surface area contributed by atoms with E-state index in [-0.39, 0.29) is 5.82 Å². The lowest BCUT2D eigenvalue weighted by atomic mass is 10.2. The Morgan fingerprint density at radius 1 is 1.36 bits per heavy atom. The van der Waals surface area contributed by atoms with Gasteiger partial charge in [-0.2, -0.15) is 5.26 Å². The molecule has 1 atom stereocenters. The van der Waals surface area contributed by atoms with Gasteiger partial charge in [0, 0.05) is 13.1 Å². The summed E-state index contributed by atoms with van der Waals surface area (Å²) in [6.45, 7) is 8.95. The van der Waals surface area contributed by atoms with Gasteiger partial charge in [-0.3, -0.25) is 4.79 Å². The minimum atomic E-state index is -0.662. The minimum Gasteiger partial charge on any atom is -0.444 e. The molecule has 1 saturated heterocycles. The third-order valence-electron chi connectivity index (χ3n) is 3.97. The molecule has 0 aliphatic carbocycles. The average molecular weight is 392 g/mol. The molecule has 0 aromatic heterocycles. The standard InChI is InChI=1S/C11H11FN2.C9H18N2O3/c12-10-3-4-11(9(7-10)8-13)14-5-1-2-6-14;1-5-6(7(10)12)11-8(13)14-9(2,3)4/h3-4,7H,1-2,5-6H2;6H,5H2,1-4H3,(H2,10,12)(H,11,13)/t;6-/m.0/s1. The fourth-order valence-electron chi connectivity index (χ4n) is 2.66. The quantitative estimate of drug-likeness (QED) is 0.818. The maximum atomic E-state index is 12.9. The molecule has 0 bridgehead atoms. The van der Waals surface area contributed by atoms with Crippen LogP contribution in [0.2, 0.25) is 0 Å². The second-order valence-corrected chi connectivity index (χ2v) is 7.48. The Balaban J connectivity index is 0.000000280. The molecule has 1 aromatic rings. The number of nitrogens with zero attached hydrogens (tertiary/aromatic N) is 2. The molecule has 154 valence electrons. The Hall–Kier alpha value is -2.82. The molecule has 2 amide bonds. The molecule has 28 heavy (non-hydrogen) atoms. The number of hydrogen-bond acceptors (Lipinski definition) is 5. The first-order chi connectivity index (χ1) is 13.1. The maximum Gasteiger partial charge on any atom is 0.408 e. The van der Waals surface area contributed by atoms with E-state index in [4.69, 9.17) is 15.7 Å². The lowest BCUT2D eigenvalue weighted by Gasteiger charge is -2.21. The molecule has 7 nitrogen and oxygen atoms in total. The van der Waals surface area contributed by atoms with Crippen molar-refractivity contribution in [3.05, 3.63) is 29.6 Å². The Morgan fingerprint density at radius 3 is 2.43 bits per heavy atom. The number of hydrogen-bond donors (Lipinski definition) is 2. The summed E-state index contributed by atoms with van der Waals surface area (Å²) in [5.74, 6) is -0.900. The zero-order valence-corrected chi connectivity index (χ0v) is 16.9. The smallest absolute Gasteiger partial charge is 0.408 e. The van der Waals surface area contributed by atoms with E-state index in [1.165, 1.54) is 12.1 Å². The van der Waals surface area contributed by atoms with E-state index >= 15 is 0 Å². The first kappa shape index (κ1) is 23.2. The molecule has 1 aromatic carbocycles. The summed E-state index contributed by atoms with van der Waals surface area (Å²) in [7, 11) is 0. The molecule has 1 aliphatic rings. The van der Waals surface area contributed by atoms with Gasteiger partial charge in [0.25, 0.3) is 0 Å². The molecule has 1 aliphatic heterocycles. The number of rotatable bonds is 4. The molecule has 3 N–H and O–H groups in total. The SMILES string of the molecule is CC[C@H](NC(=O)OC(C)(C)C)C(N)=O.N#Cc1cc(F)ccc1N1CCCC1. The van der Waals surface area contributed by atoms with Crippen LogP contribution in [0.1, 0.15) is 52.5 Å². The van der Waals surface area contributed by atoms with E-state index in [0.29, 0.717) is 12.0 Å². The third kappa shape index (κ3) is 7.82. The highest BCUT2D eigenvalue weighted by atomic mass is 19.1. The van der Waals surface area contributed by atoms with E-state index in [2.05, 4.69) is 10.2 Å². The molecule has 0 saturated carbocycles. The second kappa shape index (κ2) is 10.5. The number of ether oxygens (including phenoxy) is 1. The van der Waals surface area contributed by atoms with Crippen LogP contribution >= 0.6 is 0 Å². The average Bonchev–Trinajstić information content (AvgIpc) is 3.12. The predicted molar refractivity (Wildman–Crippen MR) is 105 cm³/mol. The number of alkyl carbamates (subject to hydrolysis) is 1. The lowest BCUT2D eigenvalue weighted by molar-refractivity contribution is -0.120. The number of nitrogens with one attached hydrogen (secondary N) is 1. The molecule has 0 unspecified atom stereocenters. The first-order valence-electron chi connectivity index (χ1n) is 9.30. The van der Waals surface area contributed by atoms with E-state index in [1.807, 2.05) is 6.07 Å². The van der Waals surface area contributed by atoms with Crippen molar-refractivity contribution in [2.45, 2.75) is 58.6 Å². The van der Waals surface area contributed by atoms with Gasteiger partial charge < -0.3 is 20.7 Å². The molecular formula is C20H29FN4O3. The number of anilines is 1. The maximum absolute atomic E-state index is 12.9. The molecule has 0 spiro atoms. The number of carbonyl (C=O) groups excluding carboxylic acids is 2. The largest absolute Gasteiger partial charge is 0.444 e. The van der Waals surface area contributed by atoms with Crippen molar-refractivity contribution in [2.75, 3.05) is 18.0 Å².